The second-order valence-electron chi connectivity index (χ2n) is 6.23. The van der Waals surface area contributed by atoms with Gasteiger partial charge < -0.3 is 10.2 Å². The maximum Gasteiger partial charge on any atom is 0.252 e. The topological polar surface area (TPSA) is 49.4 Å². The van der Waals surface area contributed by atoms with Gasteiger partial charge in [-0.2, -0.15) is 0 Å². The third kappa shape index (κ3) is 3.18. The zero-order valence-corrected chi connectivity index (χ0v) is 14.1. The first kappa shape index (κ1) is 16.2. The zero-order chi connectivity index (χ0) is 17.1. The van der Waals surface area contributed by atoms with E-state index in [9.17, 15) is 9.59 Å². The van der Waals surface area contributed by atoms with E-state index in [1.165, 1.54) is 5.56 Å². The van der Waals surface area contributed by atoms with E-state index in [1.807, 2.05) is 43.3 Å². The predicted molar refractivity (Wildman–Crippen MR) is 95.2 cm³/mol. The number of para-hydroxylation sites is 1. The fourth-order valence-corrected chi connectivity index (χ4v) is 3.16. The van der Waals surface area contributed by atoms with E-state index in [1.54, 1.807) is 17.9 Å². The van der Waals surface area contributed by atoms with Gasteiger partial charge in [0.05, 0.1) is 0 Å². The van der Waals surface area contributed by atoms with E-state index < -0.39 is 6.04 Å². The Kier molecular flexibility index (Phi) is 4.65. The molecule has 3 rings (SSSR count). The molecule has 1 atom stereocenters. The number of aryl methyl sites for hydroxylation is 2. The van der Waals surface area contributed by atoms with E-state index in [2.05, 4.69) is 11.4 Å². The molecule has 1 N–H and O–H groups in total. The number of anilines is 1. The Morgan fingerprint density at radius 1 is 1.08 bits per heavy atom. The quantitative estimate of drug-likeness (QED) is 0.944. The van der Waals surface area contributed by atoms with Gasteiger partial charge in [0.2, 0.25) is 5.91 Å². The molecule has 0 spiro atoms. The van der Waals surface area contributed by atoms with Crippen molar-refractivity contribution in [1.82, 2.24) is 5.32 Å². The van der Waals surface area contributed by atoms with Crippen LogP contribution >= 0.6 is 0 Å². The van der Waals surface area contributed by atoms with Gasteiger partial charge in [0.15, 0.2) is 0 Å². The standard InChI is InChI=1S/C20H22N2O2/c1-14-8-3-5-11-17(14)19(23)21-15(2)20(24)22-13-7-10-16-9-4-6-12-18(16)22/h3-6,8-9,11-12,15H,7,10,13H2,1-2H3,(H,21,23)/t15-/m1/s1. The average Bonchev–Trinajstić information content (AvgIpc) is 2.60. The van der Waals surface area contributed by atoms with Crippen LogP contribution in [-0.2, 0) is 11.2 Å². The summed E-state index contributed by atoms with van der Waals surface area (Å²) in [4.78, 5) is 27.0. The lowest BCUT2D eigenvalue weighted by molar-refractivity contribution is -0.120. The smallest absolute Gasteiger partial charge is 0.252 e. The third-order valence-electron chi connectivity index (χ3n) is 4.48. The van der Waals surface area contributed by atoms with Crippen molar-refractivity contribution in [2.24, 2.45) is 0 Å². The van der Waals surface area contributed by atoms with Crippen LogP contribution in [0.1, 0.15) is 34.8 Å². The maximum absolute atomic E-state index is 12.8. The Hall–Kier alpha value is -2.62. The van der Waals surface area contributed by atoms with Crippen molar-refractivity contribution in [3.05, 3.63) is 65.2 Å². The molecular formula is C20H22N2O2. The van der Waals surface area contributed by atoms with Crippen LogP contribution in [0.2, 0.25) is 0 Å². The normalized spacial score (nSPS) is 14.7. The lowest BCUT2D eigenvalue weighted by Gasteiger charge is -2.31. The fourth-order valence-electron chi connectivity index (χ4n) is 3.16. The largest absolute Gasteiger partial charge is 0.340 e. The van der Waals surface area contributed by atoms with E-state index in [-0.39, 0.29) is 11.8 Å². The lowest BCUT2D eigenvalue weighted by atomic mass is 10.0. The first-order valence-corrected chi connectivity index (χ1v) is 8.33. The van der Waals surface area contributed by atoms with E-state index >= 15 is 0 Å². The molecule has 4 heteroatoms. The summed E-state index contributed by atoms with van der Waals surface area (Å²) in [5, 5.41) is 2.83. The predicted octanol–water partition coefficient (Wildman–Crippen LogP) is 3.09. The minimum Gasteiger partial charge on any atom is -0.340 e. The first-order valence-electron chi connectivity index (χ1n) is 8.33. The molecule has 2 aromatic rings. The highest BCUT2D eigenvalue weighted by Gasteiger charge is 2.27. The number of amides is 2. The van der Waals surface area contributed by atoms with Crippen LogP contribution in [0.15, 0.2) is 48.5 Å². The Labute approximate surface area is 142 Å². The van der Waals surface area contributed by atoms with Crippen molar-refractivity contribution in [1.29, 1.82) is 0 Å². The van der Waals surface area contributed by atoms with Gasteiger partial charge in [-0.3, -0.25) is 9.59 Å². The van der Waals surface area contributed by atoms with Gasteiger partial charge in [0.1, 0.15) is 6.04 Å². The molecule has 0 aliphatic carbocycles. The monoisotopic (exact) mass is 322 g/mol. The van der Waals surface area contributed by atoms with Gasteiger partial charge in [0.25, 0.3) is 5.91 Å². The molecule has 124 valence electrons. The third-order valence-corrected chi connectivity index (χ3v) is 4.48. The number of nitrogens with zero attached hydrogens (tertiary/aromatic N) is 1. The molecule has 0 bridgehead atoms. The summed E-state index contributed by atoms with van der Waals surface area (Å²) in [7, 11) is 0. The molecule has 2 aromatic carbocycles. The molecule has 0 fully saturated rings. The van der Waals surface area contributed by atoms with Gasteiger partial charge >= 0.3 is 0 Å². The summed E-state index contributed by atoms with van der Waals surface area (Å²) in [5.74, 6) is -0.275. The minimum absolute atomic E-state index is 0.0657. The van der Waals surface area contributed by atoms with Crippen molar-refractivity contribution < 1.29 is 9.59 Å². The Balaban J connectivity index is 1.74. The van der Waals surface area contributed by atoms with E-state index in [4.69, 9.17) is 0 Å². The molecule has 1 heterocycles. The van der Waals surface area contributed by atoms with Crippen LogP contribution in [0.3, 0.4) is 0 Å². The van der Waals surface area contributed by atoms with Crippen LogP contribution in [0.4, 0.5) is 5.69 Å². The summed E-state index contributed by atoms with van der Waals surface area (Å²) < 4.78 is 0. The summed E-state index contributed by atoms with van der Waals surface area (Å²) in [5.41, 5.74) is 3.66. The summed E-state index contributed by atoms with van der Waals surface area (Å²) >= 11 is 0. The second-order valence-corrected chi connectivity index (χ2v) is 6.23. The molecular weight excluding hydrogens is 300 g/mol. The van der Waals surface area contributed by atoms with Gasteiger partial charge in [0, 0.05) is 17.8 Å². The Morgan fingerprint density at radius 2 is 1.79 bits per heavy atom. The van der Waals surface area contributed by atoms with Crippen molar-refractivity contribution in [2.75, 3.05) is 11.4 Å². The number of carbonyl (C=O) groups excluding carboxylic acids is 2. The number of rotatable bonds is 3. The van der Waals surface area contributed by atoms with Crippen molar-refractivity contribution in [2.45, 2.75) is 32.7 Å². The Morgan fingerprint density at radius 3 is 2.58 bits per heavy atom. The van der Waals surface area contributed by atoms with Crippen molar-refractivity contribution in [3.63, 3.8) is 0 Å². The van der Waals surface area contributed by atoms with Gasteiger partial charge in [-0.15, -0.1) is 0 Å². The molecule has 0 radical (unpaired) electrons. The molecule has 1 aliphatic rings. The zero-order valence-electron chi connectivity index (χ0n) is 14.1. The second kappa shape index (κ2) is 6.87. The molecule has 0 aromatic heterocycles. The lowest BCUT2D eigenvalue weighted by Crippen LogP contribution is -2.48. The highest BCUT2D eigenvalue weighted by molar-refractivity contribution is 6.03. The number of hydrogen-bond acceptors (Lipinski definition) is 2. The molecule has 4 nitrogen and oxygen atoms in total. The van der Waals surface area contributed by atoms with Crippen LogP contribution in [-0.4, -0.2) is 24.4 Å². The Bertz CT molecular complexity index is 770. The van der Waals surface area contributed by atoms with Gasteiger partial charge in [-0.05, 0) is 49.9 Å². The van der Waals surface area contributed by atoms with Crippen molar-refractivity contribution in [3.8, 4) is 0 Å². The molecule has 24 heavy (non-hydrogen) atoms. The first-order chi connectivity index (χ1) is 11.6. The van der Waals surface area contributed by atoms with Gasteiger partial charge in [-0.1, -0.05) is 36.4 Å². The number of nitrogens with one attached hydrogen (secondary N) is 1. The summed E-state index contributed by atoms with van der Waals surface area (Å²) in [6.07, 6.45) is 1.94. The number of fused-ring (bicyclic) bond motifs is 1. The number of hydrogen-bond donors (Lipinski definition) is 1. The summed E-state index contributed by atoms with van der Waals surface area (Å²) in [6, 6.07) is 14.8. The molecule has 0 saturated heterocycles. The molecule has 0 saturated carbocycles. The van der Waals surface area contributed by atoms with E-state index in [0.29, 0.717) is 12.1 Å². The van der Waals surface area contributed by atoms with Crippen LogP contribution in [0.25, 0.3) is 0 Å². The van der Waals surface area contributed by atoms with Crippen LogP contribution < -0.4 is 10.2 Å². The van der Waals surface area contributed by atoms with E-state index in [0.717, 1.165) is 24.1 Å². The average molecular weight is 322 g/mol. The van der Waals surface area contributed by atoms with Crippen molar-refractivity contribution >= 4 is 17.5 Å². The van der Waals surface area contributed by atoms with Gasteiger partial charge in [-0.25, -0.2) is 0 Å². The maximum atomic E-state index is 12.8. The fraction of sp³-hybridized carbons (Fsp3) is 0.300. The number of benzene rings is 2. The number of carbonyl (C=O) groups is 2. The summed E-state index contributed by atoms with van der Waals surface area (Å²) in [6.45, 7) is 4.33. The molecule has 0 unspecified atom stereocenters. The highest BCUT2D eigenvalue weighted by atomic mass is 16.2. The van der Waals surface area contributed by atoms with Crippen LogP contribution in [0, 0.1) is 6.92 Å². The SMILES string of the molecule is Cc1ccccc1C(=O)N[C@H](C)C(=O)N1CCCc2ccccc21. The minimum atomic E-state index is -0.566. The van der Waals surface area contributed by atoms with Crippen LogP contribution in [0.5, 0.6) is 0 Å². The molecule has 1 aliphatic heterocycles. The highest BCUT2D eigenvalue weighted by Crippen LogP contribution is 2.27. The molecule has 2 amide bonds.